The zero-order valence-electron chi connectivity index (χ0n) is 12.0. The van der Waals surface area contributed by atoms with E-state index in [2.05, 4.69) is 4.90 Å². The molecule has 6 nitrogen and oxygen atoms in total. The van der Waals surface area contributed by atoms with E-state index in [0.717, 1.165) is 25.9 Å². The van der Waals surface area contributed by atoms with E-state index in [0.29, 0.717) is 32.6 Å². The lowest BCUT2D eigenvalue weighted by atomic mass is 10.0. The Morgan fingerprint density at radius 3 is 2.15 bits per heavy atom. The van der Waals surface area contributed by atoms with Gasteiger partial charge in [0.1, 0.15) is 0 Å². The van der Waals surface area contributed by atoms with Crippen molar-refractivity contribution in [1.29, 1.82) is 0 Å². The van der Waals surface area contributed by atoms with Crippen molar-refractivity contribution in [3.8, 4) is 0 Å². The van der Waals surface area contributed by atoms with Crippen LogP contribution in [0.25, 0.3) is 0 Å². The Hall–Kier alpha value is -0.210. The summed E-state index contributed by atoms with van der Waals surface area (Å²) in [6, 6.07) is 0. The number of β-amino-alcohol motifs (C(OH)–C–C–N with tert-alkyl or cyclic N) is 1. The summed E-state index contributed by atoms with van der Waals surface area (Å²) in [7, 11) is -3.35. The Kier molecular flexibility index (Phi) is 4.07. The molecule has 1 atom stereocenters. The molecule has 0 aromatic carbocycles. The van der Waals surface area contributed by atoms with E-state index in [4.69, 9.17) is 0 Å². The molecule has 1 N–H and O–H groups in total. The molecule has 3 fully saturated rings. The number of nitrogens with zero attached hydrogens (tertiary/aromatic N) is 3. The minimum Gasteiger partial charge on any atom is -0.387 e. The molecular weight excluding hydrogens is 278 g/mol. The van der Waals surface area contributed by atoms with Crippen LogP contribution in [-0.4, -0.2) is 78.4 Å². The molecule has 0 spiro atoms. The van der Waals surface area contributed by atoms with Gasteiger partial charge >= 0.3 is 0 Å². The topological polar surface area (TPSA) is 64.1 Å². The van der Waals surface area contributed by atoms with E-state index in [1.807, 2.05) is 0 Å². The molecule has 0 aromatic rings. The van der Waals surface area contributed by atoms with E-state index >= 15 is 0 Å². The molecule has 3 aliphatic rings. The van der Waals surface area contributed by atoms with Gasteiger partial charge in [-0.25, -0.2) is 0 Å². The molecule has 7 heteroatoms. The zero-order chi connectivity index (χ0) is 14.2. The van der Waals surface area contributed by atoms with Gasteiger partial charge in [-0.1, -0.05) is 0 Å². The predicted molar refractivity (Wildman–Crippen MR) is 76.5 cm³/mol. The van der Waals surface area contributed by atoms with Crippen molar-refractivity contribution in [2.75, 3.05) is 45.8 Å². The average molecular weight is 303 g/mol. The van der Waals surface area contributed by atoms with Gasteiger partial charge in [-0.3, -0.25) is 0 Å². The molecular formula is C13H25N3O3S. The Bertz CT molecular complexity index is 444. The van der Waals surface area contributed by atoms with Crippen LogP contribution in [0.3, 0.4) is 0 Å². The van der Waals surface area contributed by atoms with E-state index in [1.165, 1.54) is 17.1 Å². The third-order valence-electron chi connectivity index (χ3n) is 4.73. The fourth-order valence-corrected chi connectivity index (χ4v) is 5.36. The second kappa shape index (κ2) is 5.53. The summed E-state index contributed by atoms with van der Waals surface area (Å²) in [5.74, 6) is 0. The Morgan fingerprint density at radius 1 is 0.900 bits per heavy atom. The summed E-state index contributed by atoms with van der Waals surface area (Å²) < 4.78 is 28.0. The van der Waals surface area contributed by atoms with Gasteiger partial charge in [0, 0.05) is 32.7 Å². The molecule has 0 aromatic heterocycles. The van der Waals surface area contributed by atoms with E-state index in [1.54, 1.807) is 4.31 Å². The minimum atomic E-state index is -3.35. The van der Waals surface area contributed by atoms with Gasteiger partial charge in [0.25, 0.3) is 10.2 Å². The summed E-state index contributed by atoms with van der Waals surface area (Å²) in [5.41, 5.74) is -0.864. The summed E-state index contributed by atoms with van der Waals surface area (Å²) in [6.07, 6.45) is 4.82. The maximum atomic E-state index is 12.5. The molecule has 3 aliphatic heterocycles. The Labute approximate surface area is 121 Å². The van der Waals surface area contributed by atoms with Crippen LogP contribution in [0.5, 0.6) is 0 Å². The van der Waals surface area contributed by atoms with Crippen molar-refractivity contribution >= 4 is 10.2 Å². The van der Waals surface area contributed by atoms with Crippen LogP contribution in [0, 0.1) is 0 Å². The highest BCUT2D eigenvalue weighted by Crippen LogP contribution is 2.28. The van der Waals surface area contributed by atoms with Crippen molar-refractivity contribution in [1.82, 2.24) is 13.5 Å². The maximum absolute atomic E-state index is 12.5. The quantitative estimate of drug-likeness (QED) is 0.785. The maximum Gasteiger partial charge on any atom is 0.282 e. The normalized spacial score (nSPS) is 34.2. The Morgan fingerprint density at radius 2 is 1.50 bits per heavy atom. The van der Waals surface area contributed by atoms with E-state index < -0.39 is 15.8 Å². The third-order valence-corrected chi connectivity index (χ3v) is 6.71. The van der Waals surface area contributed by atoms with Crippen LogP contribution in [0.15, 0.2) is 0 Å². The van der Waals surface area contributed by atoms with Crippen molar-refractivity contribution in [2.24, 2.45) is 0 Å². The molecule has 20 heavy (non-hydrogen) atoms. The predicted octanol–water partition coefficient (Wildman–Crippen LogP) is -0.140. The van der Waals surface area contributed by atoms with Gasteiger partial charge in [0.05, 0.1) is 5.60 Å². The number of hydrogen-bond donors (Lipinski definition) is 1. The number of likely N-dealkylation sites (tertiary alicyclic amines) is 1. The van der Waals surface area contributed by atoms with Crippen molar-refractivity contribution in [2.45, 2.75) is 37.7 Å². The van der Waals surface area contributed by atoms with E-state index in [9.17, 15) is 13.5 Å². The molecule has 0 radical (unpaired) electrons. The highest BCUT2D eigenvalue weighted by atomic mass is 32.2. The standard InChI is InChI=1S/C13H25N3O3S/c17-13(11-14-6-1-2-7-14)5-10-16(12-13)20(18,19)15-8-3-4-9-15/h17H,1-12H2/t13-/m1/s1. The minimum absolute atomic E-state index is 0.252. The van der Waals surface area contributed by atoms with E-state index in [-0.39, 0.29) is 6.54 Å². The zero-order valence-corrected chi connectivity index (χ0v) is 12.8. The fraction of sp³-hybridized carbons (Fsp3) is 1.00. The Balaban J connectivity index is 1.63. The van der Waals surface area contributed by atoms with Crippen LogP contribution < -0.4 is 0 Å². The van der Waals surface area contributed by atoms with Crippen LogP contribution >= 0.6 is 0 Å². The molecule has 3 saturated heterocycles. The molecule has 0 saturated carbocycles. The van der Waals surface area contributed by atoms with Crippen LogP contribution in [0.1, 0.15) is 32.1 Å². The highest BCUT2D eigenvalue weighted by molar-refractivity contribution is 7.86. The SMILES string of the molecule is O=S(=O)(N1CCCC1)N1CC[C@@](O)(CN2CCCC2)C1. The first-order valence-corrected chi connectivity index (χ1v) is 9.09. The average Bonchev–Trinajstić information content (AvgIpc) is 3.09. The number of aliphatic hydroxyl groups is 1. The lowest BCUT2D eigenvalue weighted by molar-refractivity contribution is 0.0230. The molecule has 3 heterocycles. The van der Waals surface area contributed by atoms with Gasteiger partial charge in [-0.15, -0.1) is 0 Å². The van der Waals surface area contributed by atoms with Gasteiger partial charge in [0.2, 0.25) is 0 Å². The second-order valence-corrected chi connectivity index (χ2v) is 8.33. The molecule has 0 unspecified atom stereocenters. The van der Waals surface area contributed by atoms with Crippen LogP contribution in [-0.2, 0) is 10.2 Å². The molecule has 0 bridgehead atoms. The van der Waals surface area contributed by atoms with Gasteiger partial charge in [-0.05, 0) is 45.2 Å². The van der Waals surface area contributed by atoms with Gasteiger partial charge in [0.15, 0.2) is 0 Å². The first kappa shape index (κ1) is 14.7. The lowest BCUT2D eigenvalue weighted by Crippen LogP contribution is -2.47. The third kappa shape index (κ3) is 2.87. The summed E-state index contributed by atoms with van der Waals surface area (Å²) in [6.45, 7) is 4.62. The first-order chi connectivity index (χ1) is 9.50. The van der Waals surface area contributed by atoms with Gasteiger partial charge < -0.3 is 10.0 Å². The lowest BCUT2D eigenvalue weighted by Gasteiger charge is -2.29. The van der Waals surface area contributed by atoms with Crippen LogP contribution in [0.4, 0.5) is 0 Å². The monoisotopic (exact) mass is 303 g/mol. The smallest absolute Gasteiger partial charge is 0.282 e. The number of hydrogen-bond acceptors (Lipinski definition) is 4. The van der Waals surface area contributed by atoms with Crippen molar-refractivity contribution in [3.63, 3.8) is 0 Å². The summed E-state index contributed by atoms with van der Waals surface area (Å²) in [4.78, 5) is 2.26. The molecule has 3 rings (SSSR count). The second-order valence-electron chi connectivity index (χ2n) is 6.41. The first-order valence-electron chi connectivity index (χ1n) is 7.70. The molecule has 0 amide bonds. The largest absolute Gasteiger partial charge is 0.387 e. The molecule has 116 valence electrons. The van der Waals surface area contributed by atoms with Gasteiger partial charge in [-0.2, -0.15) is 17.0 Å². The number of rotatable bonds is 4. The highest BCUT2D eigenvalue weighted by Gasteiger charge is 2.44. The summed E-state index contributed by atoms with van der Waals surface area (Å²) in [5, 5.41) is 10.7. The van der Waals surface area contributed by atoms with Crippen LogP contribution in [0.2, 0.25) is 0 Å². The van der Waals surface area contributed by atoms with Crippen molar-refractivity contribution in [3.05, 3.63) is 0 Å². The fourth-order valence-electron chi connectivity index (χ4n) is 3.58. The summed E-state index contributed by atoms with van der Waals surface area (Å²) >= 11 is 0. The molecule has 0 aliphatic carbocycles. The van der Waals surface area contributed by atoms with Crippen molar-refractivity contribution < 1.29 is 13.5 Å².